The van der Waals surface area contributed by atoms with Gasteiger partial charge in [0.25, 0.3) is 5.91 Å². The van der Waals surface area contributed by atoms with E-state index in [0.29, 0.717) is 5.56 Å². The number of hydrogen-bond donors (Lipinski definition) is 2. The van der Waals surface area contributed by atoms with Crippen molar-refractivity contribution in [2.45, 2.75) is 40.8 Å². The Hall–Kier alpha value is -2.30. The Morgan fingerprint density at radius 2 is 1.91 bits per heavy atom. The van der Waals surface area contributed by atoms with Crippen molar-refractivity contribution in [2.75, 3.05) is 35.6 Å². The summed E-state index contributed by atoms with van der Waals surface area (Å²) in [4.78, 5) is 19.1. The molecule has 0 radical (unpaired) electrons. The maximum absolute atomic E-state index is 12.9. The molecule has 0 atom stereocenters. The lowest BCUT2D eigenvalue weighted by molar-refractivity contribution is -0.125. The number of anilines is 2. The number of rotatable bonds is 6. The third kappa shape index (κ3) is 6.03. The van der Waals surface area contributed by atoms with Crippen molar-refractivity contribution in [1.29, 1.82) is 0 Å². The number of para-hydroxylation sites is 1. The molecule has 0 unspecified atom stereocenters. The van der Waals surface area contributed by atoms with Gasteiger partial charge in [-0.2, -0.15) is 13.2 Å². The number of aliphatic hydroxyl groups is 1. The largest absolute Gasteiger partial charge is 0.392 e. The Morgan fingerprint density at radius 1 is 1.21 bits per heavy atom. The average Bonchev–Trinajstić information content (AvgIpc) is 3.18. The van der Waals surface area contributed by atoms with Crippen molar-refractivity contribution in [3.05, 3.63) is 60.2 Å². The van der Waals surface area contributed by atoms with E-state index in [-0.39, 0.29) is 31.8 Å². The summed E-state index contributed by atoms with van der Waals surface area (Å²) in [6, 6.07) is 13.5. The predicted molar refractivity (Wildman–Crippen MR) is 131 cm³/mol. The number of thioether (sulfide) groups is 1. The lowest BCUT2D eigenvalue weighted by atomic mass is 9.90. The number of hydrogen-bond acceptors (Lipinski definition) is 6. The fourth-order valence-corrected chi connectivity index (χ4v) is 5.94. The molecule has 2 aliphatic rings. The first-order chi connectivity index (χ1) is 16.1. The van der Waals surface area contributed by atoms with E-state index in [1.54, 1.807) is 17.0 Å². The number of likely N-dealkylation sites (tertiary alicyclic amines) is 1. The van der Waals surface area contributed by atoms with Gasteiger partial charge in [-0.05, 0) is 61.2 Å². The van der Waals surface area contributed by atoms with Crippen LogP contribution in [0.2, 0.25) is 0 Å². The van der Waals surface area contributed by atoms with Crippen LogP contribution in [0, 0.1) is 0 Å². The summed E-state index contributed by atoms with van der Waals surface area (Å²) in [6.07, 6.45) is -2.77. The van der Waals surface area contributed by atoms with Crippen LogP contribution in [-0.4, -0.2) is 53.7 Å². The number of nitrogens with zero attached hydrogens (tertiary/aromatic N) is 2. The van der Waals surface area contributed by atoms with Crippen molar-refractivity contribution < 1.29 is 23.1 Å². The smallest absolute Gasteiger partial charge is 0.386 e. The van der Waals surface area contributed by atoms with E-state index >= 15 is 0 Å². The molecule has 0 aliphatic carbocycles. The maximum Gasteiger partial charge on any atom is 0.392 e. The zero-order valence-electron chi connectivity index (χ0n) is 18.6. The molecule has 2 aliphatic heterocycles. The van der Waals surface area contributed by atoms with Gasteiger partial charge in [0.05, 0.1) is 28.5 Å². The number of piperidine rings is 1. The molecule has 0 aromatic heterocycles. The first-order valence-electron chi connectivity index (χ1n) is 10.9. The number of amides is 1. The number of halogens is 3. The molecule has 5 nitrogen and oxygen atoms in total. The molecule has 1 fully saturated rings. The monoisotopic (exact) mass is 509 g/mol. The van der Waals surface area contributed by atoms with Gasteiger partial charge in [-0.3, -0.25) is 4.79 Å². The second-order valence-corrected chi connectivity index (χ2v) is 10.3. The minimum Gasteiger partial charge on any atom is -0.386 e. The number of nitrogens with one attached hydrogen (secondary N) is 1. The van der Waals surface area contributed by atoms with Gasteiger partial charge >= 0.3 is 6.18 Å². The maximum atomic E-state index is 12.9. The topological polar surface area (TPSA) is 55.8 Å². The van der Waals surface area contributed by atoms with Gasteiger partial charge in [-0.1, -0.05) is 18.2 Å². The lowest BCUT2D eigenvalue weighted by Gasteiger charge is -2.36. The average molecular weight is 510 g/mol. The normalized spacial score (nSPS) is 17.8. The highest BCUT2D eigenvalue weighted by Crippen LogP contribution is 2.43. The summed E-state index contributed by atoms with van der Waals surface area (Å²) in [6.45, 7) is 0.568. The van der Waals surface area contributed by atoms with E-state index in [1.807, 2.05) is 30.0 Å². The number of allylic oxidation sites excluding steroid dienone is 1. The van der Waals surface area contributed by atoms with E-state index in [9.17, 15) is 23.1 Å². The predicted octanol–water partition coefficient (Wildman–Crippen LogP) is 5.78. The van der Waals surface area contributed by atoms with E-state index in [1.165, 1.54) is 28.6 Å². The minimum atomic E-state index is -4.29. The minimum absolute atomic E-state index is 0.153. The molecule has 0 spiro atoms. The molecule has 0 saturated carbocycles. The number of carbonyl (C=O) groups is 1. The van der Waals surface area contributed by atoms with Crippen LogP contribution in [0.1, 0.15) is 29.6 Å². The molecule has 2 heterocycles. The van der Waals surface area contributed by atoms with Crippen LogP contribution in [0.4, 0.5) is 24.5 Å². The molecule has 1 amide bonds. The van der Waals surface area contributed by atoms with Crippen LogP contribution in [0.15, 0.2) is 64.4 Å². The summed E-state index contributed by atoms with van der Waals surface area (Å²) in [5, 5.41) is 10.5. The van der Waals surface area contributed by atoms with E-state index in [4.69, 9.17) is 0 Å². The Kier molecular flexibility index (Phi) is 7.39. The lowest BCUT2D eigenvalue weighted by Crippen LogP contribution is -2.45. The van der Waals surface area contributed by atoms with Gasteiger partial charge in [0.15, 0.2) is 0 Å². The van der Waals surface area contributed by atoms with Gasteiger partial charge < -0.3 is 19.6 Å². The number of fused-ring (bicyclic) bond motifs is 1. The molecule has 0 bridgehead atoms. The van der Waals surface area contributed by atoms with Crippen molar-refractivity contribution in [3.63, 3.8) is 0 Å². The second kappa shape index (κ2) is 10.1. The molecule has 2 N–H and O–H groups in total. The van der Waals surface area contributed by atoms with Crippen LogP contribution >= 0.6 is 23.7 Å². The Morgan fingerprint density at radius 3 is 2.59 bits per heavy atom. The molecule has 34 heavy (non-hydrogen) atoms. The van der Waals surface area contributed by atoms with E-state index in [0.717, 1.165) is 22.5 Å². The zero-order chi connectivity index (χ0) is 24.3. The van der Waals surface area contributed by atoms with Crippen molar-refractivity contribution in [1.82, 2.24) is 4.90 Å². The Bertz CT molecular complexity index is 1050. The van der Waals surface area contributed by atoms with Crippen molar-refractivity contribution in [3.8, 4) is 0 Å². The molecule has 10 heteroatoms. The van der Waals surface area contributed by atoms with Crippen LogP contribution in [-0.2, 0) is 0 Å². The van der Waals surface area contributed by atoms with Crippen LogP contribution in [0.5, 0.6) is 0 Å². The fourth-order valence-electron chi connectivity index (χ4n) is 3.96. The summed E-state index contributed by atoms with van der Waals surface area (Å²) < 4.78 is 40.3. The number of carbonyl (C=O) groups excluding carboxylic acids is 1. The Labute approximate surface area is 205 Å². The first-order valence-corrected chi connectivity index (χ1v) is 12.7. The van der Waals surface area contributed by atoms with Gasteiger partial charge in [0.1, 0.15) is 0 Å². The van der Waals surface area contributed by atoms with Crippen molar-refractivity contribution in [2.24, 2.45) is 0 Å². The van der Waals surface area contributed by atoms with Crippen LogP contribution < -0.4 is 9.62 Å². The molecule has 2 aromatic rings. The quantitative estimate of drug-likeness (QED) is 0.380. The highest BCUT2D eigenvalue weighted by atomic mass is 32.2. The van der Waals surface area contributed by atoms with E-state index < -0.39 is 18.2 Å². The van der Waals surface area contributed by atoms with Gasteiger partial charge in [0.2, 0.25) is 0 Å². The molecule has 182 valence electrons. The molecular formula is C24H26F3N3O2S2. The van der Waals surface area contributed by atoms with Crippen molar-refractivity contribution >= 4 is 41.0 Å². The number of benzene rings is 2. The first kappa shape index (κ1) is 24.8. The van der Waals surface area contributed by atoms with Gasteiger partial charge in [-0.15, -0.1) is 11.8 Å². The van der Waals surface area contributed by atoms with Gasteiger partial charge in [0, 0.05) is 36.3 Å². The fraction of sp³-hybridized carbons (Fsp3) is 0.375. The van der Waals surface area contributed by atoms with E-state index in [2.05, 4.69) is 28.8 Å². The summed E-state index contributed by atoms with van der Waals surface area (Å²) in [5.41, 5.74) is 1.31. The summed E-state index contributed by atoms with van der Waals surface area (Å²) >= 11 is 3.34. The van der Waals surface area contributed by atoms with Crippen LogP contribution in [0.25, 0.3) is 0 Å². The molecule has 2 aromatic carbocycles. The standard InChI is InChI=1S/C24H26F3N3O2S2/c1-29-16-33-19-4-2-5-20(21(19)29)34-28-18-8-6-17(7-9-18)22(31)30-14-12-23(32,13-15-30)10-3-11-24(25,26)27/h2-10,28,32H,11-16H2,1H3/b10-3+. The third-order valence-corrected chi connectivity index (χ3v) is 7.91. The molecule has 1 saturated heterocycles. The SMILES string of the molecule is CN1CSc2cccc(SNc3ccc(C(=O)N4CCC(O)(/C=C/CC(F)(F)F)CC4)cc3)c21. The third-order valence-electron chi connectivity index (χ3n) is 5.86. The highest BCUT2D eigenvalue weighted by molar-refractivity contribution is 8.01. The molecular weight excluding hydrogens is 483 g/mol. The summed E-state index contributed by atoms with van der Waals surface area (Å²) in [5.74, 6) is 0.779. The highest BCUT2D eigenvalue weighted by Gasteiger charge is 2.33. The number of alkyl halides is 3. The van der Waals surface area contributed by atoms with Gasteiger partial charge in [-0.25, -0.2) is 0 Å². The Balaban J connectivity index is 1.31. The summed E-state index contributed by atoms with van der Waals surface area (Å²) in [7, 11) is 2.07. The second-order valence-electron chi connectivity index (χ2n) is 8.47. The zero-order valence-corrected chi connectivity index (χ0v) is 20.3. The van der Waals surface area contributed by atoms with Crippen LogP contribution in [0.3, 0.4) is 0 Å². The molecule has 4 rings (SSSR count).